The van der Waals surface area contributed by atoms with Crippen LogP contribution >= 0.6 is 0 Å². The number of hydrogen-bond acceptors (Lipinski definition) is 5. The SMILES string of the molecule is NCCO.O=C(O)CC(O)C(=O)O. The van der Waals surface area contributed by atoms with Crippen molar-refractivity contribution in [3.8, 4) is 0 Å². The molecule has 0 heterocycles. The van der Waals surface area contributed by atoms with Gasteiger partial charge in [0.2, 0.25) is 0 Å². The molecule has 6 N–H and O–H groups in total. The summed E-state index contributed by atoms with van der Waals surface area (Å²) in [5, 5.41) is 31.9. The van der Waals surface area contributed by atoms with E-state index < -0.39 is 24.5 Å². The van der Waals surface area contributed by atoms with Crippen LogP contribution in [-0.4, -0.2) is 51.6 Å². The van der Waals surface area contributed by atoms with E-state index in [4.69, 9.17) is 26.2 Å². The molecule has 0 spiro atoms. The second-order valence-corrected chi connectivity index (χ2v) is 1.96. The number of carbonyl (C=O) groups is 2. The molecule has 7 heteroatoms. The lowest BCUT2D eigenvalue weighted by Gasteiger charge is -1.97. The maximum Gasteiger partial charge on any atom is 0.333 e. The molecule has 0 amide bonds. The van der Waals surface area contributed by atoms with Gasteiger partial charge in [0.25, 0.3) is 0 Å². The Hall–Kier alpha value is -1.18. The summed E-state index contributed by atoms with van der Waals surface area (Å²) in [6, 6.07) is 0. The van der Waals surface area contributed by atoms with Gasteiger partial charge in [0, 0.05) is 6.54 Å². The molecule has 0 aromatic rings. The normalized spacial score (nSPS) is 11.0. The predicted molar refractivity (Wildman–Crippen MR) is 42.0 cm³/mol. The molecule has 0 fully saturated rings. The predicted octanol–water partition coefficient (Wildman–Crippen LogP) is -2.16. The number of carboxylic acid groups (broad SMARTS) is 2. The molecule has 0 radical (unpaired) electrons. The monoisotopic (exact) mass is 195 g/mol. The van der Waals surface area contributed by atoms with Crippen molar-refractivity contribution in [1.82, 2.24) is 0 Å². The molecule has 0 rings (SSSR count). The van der Waals surface area contributed by atoms with Crippen LogP contribution in [-0.2, 0) is 9.59 Å². The van der Waals surface area contributed by atoms with Crippen molar-refractivity contribution in [3.05, 3.63) is 0 Å². The molecule has 13 heavy (non-hydrogen) atoms. The Bertz CT molecular complexity index is 157. The highest BCUT2D eigenvalue weighted by atomic mass is 16.4. The first-order valence-electron chi connectivity index (χ1n) is 3.39. The highest BCUT2D eigenvalue weighted by Crippen LogP contribution is 1.89. The van der Waals surface area contributed by atoms with Gasteiger partial charge in [-0.1, -0.05) is 0 Å². The standard InChI is InChI=1S/C4H6O5.C2H7NO/c5-2(4(8)9)1-3(6)7;3-1-2-4/h2,5H,1H2,(H,6,7)(H,8,9);4H,1-3H2. The minimum Gasteiger partial charge on any atom is -0.481 e. The van der Waals surface area contributed by atoms with Gasteiger partial charge in [0.1, 0.15) is 0 Å². The fourth-order valence-electron chi connectivity index (χ4n) is 0.253. The highest BCUT2D eigenvalue weighted by Gasteiger charge is 2.16. The molecule has 0 aliphatic carbocycles. The smallest absolute Gasteiger partial charge is 0.333 e. The average molecular weight is 195 g/mol. The molecule has 7 nitrogen and oxygen atoms in total. The van der Waals surface area contributed by atoms with Crippen LogP contribution in [0.3, 0.4) is 0 Å². The van der Waals surface area contributed by atoms with Gasteiger partial charge in [-0.05, 0) is 0 Å². The summed E-state index contributed by atoms with van der Waals surface area (Å²) in [6.07, 6.45) is -2.54. The third kappa shape index (κ3) is 13.8. The van der Waals surface area contributed by atoms with Crippen LogP contribution in [0.1, 0.15) is 6.42 Å². The Morgan fingerprint density at radius 1 is 1.31 bits per heavy atom. The Kier molecular flexibility index (Phi) is 9.84. The summed E-state index contributed by atoms with van der Waals surface area (Å²) >= 11 is 0. The van der Waals surface area contributed by atoms with Gasteiger partial charge in [-0.2, -0.15) is 0 Å². The van der Waals surface area contributed by atoms with Gasteiger partial charge in [-0.3, -0.25) is 4.79 Å². The van der Waals surface area contributed by atoms with E-state index in [1.807, 2.05) is 0 Å². The molecule has 0 aromatic heterocycles. The molecule has 1 unspecified atom stereocenters. The van der Waals surface area contributed by atoms with E-state index in [0.717, 1.165) is 0 Å². The number of rotatable bonds is 4. The van der Waals surface area contributed by atoms with E-state index in [-0.39, 0.29) is 6.61 Å². The molecule has 0 bridgehead atoms. The molecule has 0 aliphatic heterocycles. The van der Waals surface area contributed by atoms with E-state index in [2.05, 4.69) is 0 Å². The zero-order chi connectivity index (χ0) is 10.9. The first kappa shape index (κ1) is 14.3. The van der Waals surface area contributed by atoms with Crippen molar-refractivity contribution in [2.45, 2.75) is 12.5 Å². The summed E-state index contributed by atoms with van der Waals surface area (Å²) < 4.78 is 0. The maximum atomic E-state index is 9.72. The minimum atomic E-state index is -1.79. The number of carboxylic acids is 2. The second kappa shape index (κ2) is 8.91. The largest absolute Gasteiger partial charge is 0.481 e. The third-order valence-electron chi connectivity index (χ3n) is 0.782. The van der Waals surface area contributed by atoms with Crippen molar-refractivity contribution in [1.29, 1.82) is 0 Å². The van der Waals surface area contributed by atoms with Crippen molar-refractivity contribution >= 4 is 11.9 Å². The van der Waals surface area contributed by atoms with Crippen LogP contribution in [0.2, 0.25) is 0 Å². The number of nitrogens with two attached hydrogens (primary N) is 1. The lowest BCUT2D eigenvalue weighted by atomic mass is 10.3. The summed E-state index contributed by atoms with van der Waals surface area (Å²) in [4.78, 5) is 19.4. The van der Waals surface area contributed by atoms with Crippen LogP contribution in [0.15, 0.2) is 0 Å². The third-order valence-corrected chi connectivity index (χ3v) is 0.782. The molecule has 78 valence electrons. The van der Waals surface area contributed by atoms with Crippen molar-refractivity contribution < 1.29 is 30.0 Å². The van der Waals surface area contributed by atoms with E-state index in [1.54, 1.807) is 0 Å². The van der Waals surface area contributed by atoms with Gasteiger partial charge in [0.05, 0.1) is 13.0 Å². The molecule has 0 aromatic carbocycles. The first-order chi connectivity index (χ1) is 5.95. The molecule has 0 saturated carbocycles. The molecule has 0 saturated heterocycles. The average Bonchev–Trinajstić information content (AvgIpc) is 2.03. The summed E-state index contributed by atoms with van der Waals surface area (Å²) in [5.41, 5.74) is 4.78. The molecular formula is C6H13NO6. The highest BCUT2D eigenvalue weighted by molar-refractivity contribution is 5.79. The van der Waals surface area contributed by atoms with Crippen LogP contribution in [0.4, 0.5) is 0 Å². The number of aliphatic hydroxyl groups is 2. The Balaban J connectivity index is 0. The Morgan fingerprint density at radius 3 is 1.77 bits per heavy atom. The topological polar surface area (TPSA) is 141 Å². The van der Waals surface area contributed by atoms with Crippen LogP contribution in [0, 0.1) is 0 Å². The summed E-state index contributed by atoms with van der Waals surface area (Å²) in [5.74, 6) is -2.85. The first-order valence-corrected chi connectivity index (χ1v) is 3.39. The van der Waals surface area contributed by atoms with Gasteiger partial charge in [0.15, 0.2) is 6.10 Å². The van der Waals surface area contributed by atoms with Crippen LogP contribution in [0.5, 0.6) is 0 Å². The number of hydrogen-bond donors (Lipinski definition) is 5. The number of aliphatic carboxylic acids is 2. The van der Waals surface area contributed by atoms with Crippen molar-refractivity contribution in [2.24, 2.45) is 5.73 Å². The maximum absolute atomic E-state index is 9.72. The van der Waals surface area contributed by atoms with Crippen LogP contribution in [0.25, 0.3) is 0 Å². The van der Waals surface area contributed by atoms with E-state index in [9.17, 15) is 9.59 Å². The minimum absolute atomic E-state index is 0.0972. The zero-order valence-corrected chi connectivity index (χ0v) is 6.88. The Morgan fingerprint density at radius 2 is 1.69 bits per heavy atom. The summed E-state index contributed by atoms with van der Waals surface area (Å²) in [7, 11) is 0. The van der Waals surface area contributed by atoms with Crippen molar-refractivity contribution in [3.63, 3.8) is 0 Å². The van der Waals surface area contributed by atoms with Gasteiger partial charge in [-0.15, -0.1) is 0 Å². The fraction of sp³-hybridized carbons (Fsp3) is 0.667. The molecular weight excluding hydrogens is 182 g/mol. The van der Waals surface area contributed by atoms with Crippen molar-refractivity contribution in [2.75, 3.05) is 13.2 Å². The van der Waals surface area contributed by atoms with Gasteiger partial charge < -0.3 is 26.2 Å². The fourth-order valence-corrected chi connectivity index (χ4v) is 0.253. The molecule has 0 aliphatic rings. The number of aliphatic hydroxyl groups excluding tert-OH is 2. The van der Waals surface area contributed by atoms with Gasteiger partial charge >= 0.3 is 11.9 Å². The van der Waals surface area contributed by atoms with E-state index in [0.29, 0.717) is 6.54 Å². The Labute approximate surface area is 74.4 Å². The second-order valence-electron chi connectivity index (χ2n) is 1.96. The van der Waals surface area contributed by atoms with E-state index in [1.165, 1.54) is 0 Å². The van der Waals surface area contributed by atoms with Crippen LogP contribution < -0.4 is 5.73 Å². The lowest BCUT2D eigenvalue weighted by Crippen LogP contribution is -2.22. The van der Waals surface area contributed by atoms with Gasteiger partial charge in [-0.25, -0.2) is 4.79 Å². The zero-order valence-electron chi connectivity index (χ0n) is 6.88. The lowest BCUT2D eigenvalue weighted by molar-refractivity contribution is -0.152. The summed E-state index contributed by atoms with van der Waals surface area (Å²) in [6.45, 7) is 0.472. The quantitative estimate of drug-likeness (QED) is 0.344. The van der Waals surface area contributed by atoms with E-state index >= 15 is 0 Å². The molecule has 1 atom stereocenters.